The minimum Gasteiger partial charge on any atom is -0.494 e. The van der Waals surface area contributed by atoms with Crippen molar-refractivity contribution in [1.82, 2.24) is 9.88 Å². The molecule has 0 radical (unpaired) electrons. The summed E-state index contributed by atoms with van der Waals surface area (Å²) in [6.07, 6.45) is 5.29. The Bertz CT molecular complexity index is 730. The predicted octanol–water partition coefficient (Wildman–Crippen LogP) is 2.14. The Kier molecular flexibility index (Phi) is 4.53. The normalized spacial score (nSPS) is 16.0. The van der Waals surface area contributed by atoms with Crippen LogP contribution in [0.4, 0.5) is 0 Å². The Morgan fingerprint density at radius 2 is 1.95 bits per heavy atom. The first-order chi connectivity index (χ1) is 10.8. The Morgan fingerprint density at radius 1 is 1.23 bits per heavy atom. The zero-order valence-electron chi connectivity index (χ0n) is 12.6. The van der Waals surface area contributed by atoms with Gasteiger partial charge in [-0.25, -0.2) is 0 Å². The van der Waals surface area contributed by atoms with E-state index < -0.39 is 0 Å². The maximum atomic E-state index is 11.8. The van der Waals surface area contributed by atoms with E-state index in [4.69, 9.17) is 0 Å². The molecule has 5 heteroatoms. The van der Waals surface area contributed by atoms with E-state index in [1.54, 1.807) is 12.3 Å². The number of H-pyrrole nitrogens is 1. The van der Waals surface area contributed by atoms with E-state index in [9.17, 15) is 9.90 Å². The molecule has 0 amide bonds. The van der Waals surface area contributed by atoms with E-state index >= 15 is 0 Å². The smallest absolute Gasteiger partial charge is 0.258 e. The summed E-state index contributed by atoms with van der Waals surface area (Å²) in [6, 6.07) is 7.24. The number of fused-ring (bicyclic) bond motifs is 1. The lowest BCUT2D eigenvalue weighted by Crippen LogP contribution is -2.20. The molecule has 1 aliphatic rings. The lowest BCUT2D eigenvalue weighted by Gasteiger charge is -2.12. The maximum absolute atomic E-state index is 11.8. The van der Waals surface area contributed by atoms with Crippen molar-refractivity contribution >= 4 is 17.0 Å². The Morgan fingerprint density at radius 3 is 2.73 bits per heavy atom. The number of aliphatic imine (C=N–C) groups is 1. The van der Waals surface area contributed by atoms with E-state index in [0.29, 0.717) is 10.9 Å². The highest BCUT2D eigenvalue weighted by molar-refractivity contribution is 6.01. The van der Waals surface area contributed by atoms with Gasteiger partial charge in [0.2, 0.25) is 5.88 Å². The van der Waals surface area contributed by atoms with Crippen molar-refractivity contribution in [2.24, 2.45) is 4.99 Å². The number of benzene rings is 1. The van der Waals surface area contributed by atoms with Crippen LogP contribution in [-0.4, -0.2) is 47.4 Å². The Hall–Kier alpha value is -2.14. The summed E-state index contributed by atoms with van der Waals surface area (Å²) in [7, 11) is 0. The standard InChI is InChI=1S/C17H21N3O2/c21-16-14-7-2-1-6-13(14)15(17(22)19-16)12-18-8-5-11-20-9-3-4-10-20/h1-2,6-7,12H,3-5,8-11H2,(H2,19,21,22). The molecular formula is C17H21N3O2. The Labute approximate surface area is 129 Å². The summed E-state index contributed by atoms with van der Waals surface area (Å²) < 4.78 is 0. The number of rotatable bonds is 5. The third kappa shape index (κ3) is 3.20. The van der Waals surface area contributed by atoms with E-state index in [-0.39, 0.29) is 11.4 Å². The first-order valence-electron chi connectivity index (χ1n) is 7.82. The molecule has 0 atom stereocenters. The quantitative estimate of drug-likeness (QED) is 0.656. The van der Waals surface area contributed by atoms with Gasteiger partial charge in [0.25, 0.3) is 5.56 Å². The minimum atomic E-state index is -0.278. The molecule has 0 saturated carbocycles. The summed E-state index contributed by atoms with van der Waals surface area (Å²) in [5.74, 6) is -0.119. The van der Waals surface area contributed by atoms with Crippen LogP contribution in [-0.2, 0) is 0 Å². The largest absolute Gasteiger partial charge is 0.494 e. The molecule has 2 N–H and O–H groups in total. The number of aromatic nitrogens is 1. The summed E-state index contributed by atoms with van der Waals surface area (Å²) in [6.45, 7) is 4.21. The zero-order chi connectivity index (χ0) is 15.4. The van der Waals surface area contributed by atoms with Gasteiger partial charge in [0.05, 0.1) is 5.56 Å². The van der Waals surface area contributed by atoms with Gasteiger partial charge in [0.1, 0.15) is 0 Å². The molecule has 0 aliphatic carbocycles. The lowest BCUT2D eigenvalue weighted by molar-refractivity contribution is 0.336. The molecule has 2 aromatic rings. The molecule has 2 heterocycles. The van der Waals surface area contributed by atoms with Gasteiger partial charge in [0.15, 0.2) is 0 Å². The topological polar surface area (TPSA) is 68.7 Å². The lowest BCUT2D eigenvalue weighted by atomic mass is 10.1. The van der Waals surface area contributed by atoms with Crippen LogP contribution in [0.3, 0.4) is 0 Å². The molecule has 0 spiro atoms. The molecule has 1 fully saturated rings. The van der Waals surface area contributed by atoms with E-state index in [1.807, 2.05) is 18.2 Å². The summed E-state index contributed by atoms with van der Waals surface area (Å²) in [5.41, 5.74) is 0.302. The molecule has 3 rings (SSSR count). The number of likely N-dealkylation sites (tertiary alicyclic amines) is 1. The fourth-order valence-electron chi connectivity index (χ4n) is 2.96. The summed E-state index contributed by atoms with van der Waals surface area (Å²) in [5, 5.41) is 11.3. The number of nitrogens with one attached hydrogen (secondary N) is 1. The molecule has 22 heavy (non-hydrogen) atoms. The molecule has 0 bridgehead atoms. The summed E-state index contributed by atoms with van der Waals surface area (Å²) in [4.78, 5) is 21.1. The van der Waals surface area contributed by atoms with Gasteiger partial charge >= 0.3 is 0 Å². The van der Waals surface area contributed by atoms with Crippen molar-refractivity contribution in [2.45, 2.75) is 19.3 Å². The average molecular weight is 299 g/mol. The van der Waals surface area contributed by atoms with Crippen LogP contribution in [0.15, 0.2) is 34.1 Å². The molecule has 5 nitrogen and oxygen atoms in total. The Balaban J connectivity index is 1.70. The number of pyridine rings is 1. The van der Waals surface area contributed by atoms with Crippen LogP contribution in [0.5, 0.6) is 5.88 Å². The van der Waals surface area contributed by atoms with Gasteiger partial charge in [-0.1, -0.05) is 18.2 Å². The van der Waals surface area contributed by atoms with E-state index in [0.717, 1.165) is 24.9 Å². The SMILES string of the molecule is O=c1[nH]c(O)c(C=NCCCN2CCCC2)c2ccccc12. The van der Waals surface area contributed by atoms with Gasteiger partial charge in [-0.2, -0.15) is 0 Å². The van der Waals surface area contributed by atoms with Crippen molar-refractivity contribution < 1.29 is 5.11 Å². The van der Waals surface area contributed by atoms with Crippen LogP contribution in [0, 0.1) is 0 Å². The van der Waals surface area contributed by atoms with Crippen LogP contribution >= 0.6 is 0 Å². The van der Waals surface area contributed by atoms with Crippen molar-refractivity contribution in [3.8, 4) is 5.88 Å². The number of hydrogen-bond donors (Lipinski definition) is 2. The molecule has 1 aromatic heterocycles. The fourth-order valence-corrected chi connectivity index (χ4v) is 2.96. The second-order valence-corrected chi connectivity index (χ2v) is 5.70. The first kappa shape index (κ1) is 14.8. The van der Waals surface area contributed by atoms with Gasteiger partial charge in [-0.05, 0) is 45.0 Å². The highest BCUT2D eigenvalue weighted by atomic mass is 16.3. The van der Waals surface area contributed by atoms with Gasteiger partial charge in [-0.3, -0.25) is 14.8 Å². The number of hydrogen-bond acceptors (Lipinski definition) is 4. The maximum Gasteiger partial charge on any atom is 0.258 e. The monoisotopic (exact) mass is 299 g/mol. The van der Waals surface area contributed by atoms with Crippen molar-refractivity contribution in [3.05, 3.63) is 40.2 Å². The second-order valence-electron chi connectivity index (χ2n) is 5.70. The number of aromatic hydroxyl groups is 1. The number of nitrogens with zero attached hydrogens (tertiary/aromatic N) is 2. The molecule has 1 saturated heterocycles. The second kappa shape index (κ2) is 6.75. The molecule has 1 aromatic carbocycles. The fraction of sp³-hybridized carbons (Fsp3) is 0.412. The predicted molar refractivity (Wildman–Crippen MR) is 89.0 cm³/mol. The highest BCUT2D eigenvalue weighted by Gasteiger charge is 2.10. The summed E-state index contributed by atoms with van der Waals surface area (Å²) >= 11 is 0. The van der Waals surface area contributed by atoms with Gasteiger partial charge in [-0.15, -0.1) is 0 Å². The van der Waals surface area contributed by atoms with Crippen LogP contribution < -0.4 is 5.56 Å². The molecule has 1 aliphatic heterocycles. The van der Waals surface area contributed by atoms with E-state index in [2.05, 4.69) is 14.9 Å². The van der Waals surface area contributed by atoms with E-state index in [1.165, 1.54) is 25.9 Å². The van der Waals surface area contributed by atoms with Crippen molar-refractivity contribution in [3.63, 3.8) is 0 Å². The zero-order valence-corrected chi connectivity index (χ0v) is 12.6. The average Bonchev–Trinajstić information content (AvgIpc) is 3.03. The highest BCUT2D eigenvalue weighted by Crippen LogP contribution is 2.20. The van der Waals surface area contributed by atoms with Crippen LogP contribution in [0.25, 0.3) is 10.8 Å². The first-order valence-corrected chi connectivity index (χ1v) is 7.82. The molecular weight excluding hydrogens is 278 g/mol. The molecule has 116 valence electrons. The van der Waals surface area contributed by atoms with Crippen LogP contribution in [0.1, 0.15) is 24.8 Å². The number of aromatic amines is 1. The van der Waals surface area contributed by atoms with Gasteiger partial charge in [0, 0.05) is 23.5 Å². The van der Waals surface area contributed by atoms with Gasteiger partial charge < -0.3 is 10.0 Å². The third-order valence-electron chi connectivity index (χ3n) is 4.13. The third-order valence-corrected chi connectivity index (χ3v) is 4.13. The van der Waals surface area contributed by atoms with Crippen molar-refractivity contribution in [1.29, 1.82) is 0 Å². The minimum absolute atomic E-state index is 0.119. The molecule has 0 unspecified atom stereocenters. The van der Waals surface area contributed by atoms with Crippen LogP contribution in [0.2, 0.25) is 0 Å². The van der Waals surface area contributed by atoms with Crippen molar-refractivity contribution in [2.75, 3.05) is 26.2 Å².